The summed E-state index contributed by atoms with van der Waals surface area (Å²) in [6.07, 6.45) is 5.65. The van der Waals surface area contributed by atoms with E-state index in [1.807, 2.05) is 14.1 Å². The second-order valence-electron chi connectivity index (χ2n) is 3.80. The molecule has 1 unspecified atom stereocenters. The molecule has 0 rings (SSSR count). The van der Waals surface area contributed by atoms with Crippen molar-refractivity contribution in [1.82, 2.24) is 4.90 Å². The van der Waals surface area contributed by atoms with Crippen molar-refractivity contribution >= 4 is 34.8 Å². The second-order valence-corrected chi connectivity index (χ2v) is 5.67. The maximum Gasteiger partial charge on any atom is 0.187 e. The van der Waals surface area contributed by atoms with Gasteiger partial charge < -0.3 is 0 Å². The number of rotatable bonds is 7. The van der Waals surface area contributed by atoms with Gasteiger partial charge in [0, 0.05) is 0 Å². The largest absolute Gasteiger partial charge is 0.277 e. The number of hydrogen-bond acceptors (Lipinski definition) is 1. The smallest absolute Gasteiger partial charge is 0.187 e. The van der Waals surface area contributed by atoms with Crippen LogP contribution in [0.3, 0.4) is 0 Å². The minimum Gasteiger partial charge on any atom is -0.277 e. The van der Waals surface area contributed by atoms with E-state index in [9.17, 15) is 0 Å². The predicted octanol–water partition coefficient (Wildman–Crippen LogP) is 4.26. The molecule has 14 heavy (non-hydrogen) atoms. The van der Waals surface area contributed by atoms with Crippen molar-refractivity contribution in [3.63, 3.8) is 0 Å². The van der Waals surface area contributed by atoms with Crippen molar-refractivity contribution in [1.29, 1.82) is 0 Å². The van der Waals surface area contributed by atoms with E-state index in [1.54, 1.807) is 4.90 Å². The number of halogens is 3. The molecule has 0 aliphatic rings. The van der Waals surface area contributed by atoms with Gasteiger partial charge in [0.1, 0.15) is 0 Å². The molecule has 0 amide bonds. The molecule has 1 nitrogen and oxygen atoms in total. The molecule has 0 N–H and O–H groups in total. The minimum absolute atomic E-state index is 0.210. The van der Waals surface area contributed by atoms with Gasteiger partial charge in [-0.25, -0.2) is 0 Å². The molecular formula is C10H20Cl3N. The number of alkyl halides is 3. The zero-order chi connectivity index (χ0) is 11.2. The van der Waals surface area contributed by atoms with Crippen LogP contribution < -0.4 is 0 Å². The summed E-state index contributed by atoms with van der Waals surface area (Å²) in [5.41, 5.74) is 0. The second kappa shape index (κ2) is 7.16. The molecule has 0 bridgehead atoms. The van der Waals surface area contributed by atoms with E-state index in [4.69, 9.17) is 34.8 Å². The number of unbranched alkanes of at least 4 members (excludes halogenated alkanes) is 3. The summed E-state index contributed by atoms with van der Waals surface area (Å²) in [5.74, 6) is 0. The molecule has 0 aromatic carbocycles. The van der Waals surface area contributed by atoms with Crippen molar-refractivity contribution in [2.45, 2.75) is 48.9 Å². The molecule has 0 saturated carbocycles. The van der Waals surface area contributed by atoms with Crippen LogP contribution in [0.1, 0.15) is 39.0 Å². The molecule has 0 aromatic heterocycles. The van der Waals surface area contributed by atoms with E-state index in [0.29, 0.717) is 0 Å². The summed E-state index contributed by atoms with van der Waals surface area (Å²) in [7, 11) is 3.67. The third kappa shape index (κ3) is 5.06. The van der Waals surface area contributed by atoms with E-state index in [2.05, 4.69) is 6.92 Å². The molecule has 0 aliphatic heterocycles. The van der Waals surface area contributed by atoms with Gasteiger partial charge in [0.05, 0.1) is 5.38 Å². The highest BCUT2D eigenvalue weighted by molar-refractivity contribution is 6.51. The molecule has 0 saturated heterocycles. The fourth-order valence-electron chi connectivity index (χ4n) is 1.20. The summed E-state index contributed by atoms with van der Waals surface area (Å²) < 4.78 is -0.951. The van der Waals surface area contributed by atoms with Gasteiger partial charge in [-0.3, -0.25) is 4.90 Å². The monoisotopic (exact) mass is 259 g/mol. The highest BCUT2D eigenvalue weighted by atomic mass is 35.5. The average Bonchev–Trinajstić information content (AvgIpc) is 2.11. The quantitative estimate of drug-likeness (QED) is 0.376. The molecule has 86 valence electrons. The lowest BCUT2D eigenvalue weighted by Crippen LogP contribution is -2.41. The third-order valence-electron chi connectivity index (χ3n) is 2.28. The molecule has 0 heterocycles. The molecule has 1 atom stereocenters. The van der Waals surface area contributed by atoms with Crippen LogP contribution >= 0.6 is 34.8 Å². The van der Waals surface area contributed by atoms with Gasteiger partial charge >= 0.3 is 0 Å². The zero-order valence-corrected chi connectivity index (χ0v) is 11.5. The Hall–Kier alpha value is 0.830. The van der Waals surface area contributed by atoms with Gasteiger partial charge in [-0.05, 0) is 20.5 Å². The minimum atomic E-state index is -0.951. The van der Waals surface area contributed by atoms with Crippen LogP contribution in [0.2, 0.25) is 0 Å². The first-order valence-electron chi connectivity index (χ1n) is 5.12. The lowest BCUT2D eigenvalue weighted by molar-refractivity contribution is 0.317. The molecule has 0 spiro atoms. The highest BCUT2D eigenvalue weighted by Gasteiger charge is 2.35. The van der Waals surface area contributed by atoms with Gasteiger partial charge in [0.15, 0.2) is 4.46 Å². The van der Waals surface area contributed by atoms with E-state index in [-0.39, 0.29) is 5.38 Å². The zero-order valence-electron chi connectivity index (χ0n) is 9.19. The van der Waals surface area contributed by atoms with Crippen molar-refractivity contribution in [2.75, 3.05) is 14.1 Å². The lowest BCUT2D eigenvalue weighted by atomic mass is 10.1. The first kappa shape index (κ1) is 14.8. The van der Waals surface area contributed by atoms with Gasteiger partial charge in [-0.1, -0.05) is 55.8 Å². The van der Waals surface area contributed by atoms with Crippen molar-refractivity contribution < 1.29 is 0 Å². The highest BCUT2D eigenvalue weighted by Crippen LogP contribution is 2.34. The van der Waals surface area contributed by atoms with Crippen LogP contribution in [0.25, 0.3) is 0 Å². The Morgan fingerprint density at radius 1 is 1.14 bits per heavy atom. The Morgan fingerprint density at radius 3 is 2.14 bits per heavy atom. The van der Waals surface area contributed by atoms with Gasteiger partial charge in [-0.15, -0.1) is 11.6 Å². The Labute approximate surface area is 103 Å². The van der Waals surface area contributed by atoms with Crippen LogP contribution in [0.4, 0.5) is 0 Å². The van der Waals surface area contributed by atoms with E-state index < -0.39 is 4.46 Å². The SMILES string of the molecule is CCCCCCC(Cl)C(Cl)(Cl)N(C)C. The Kier molecular flexibility index (Phi) is 7.59. The number of hydrogen-bond donors (Lipinski definition) is 0. The van der Waals surface area contributed by atoms with Crippen LogP contribution in [-0.4, -0.2) is 28.8 Å². The Morgan fingerprint density at radius 2 is 1.71 bits per heavy atom. The predicted molar refractivity (Wildman–Crippen MR) is 66.5 cm³/mol. The maximum absolute atomic E-state index is 6.14. The summed E-state index contributed by atoms with van der Waals surface area (Å²) in [4.78, 5) is 1.74. The van der Waals surface area contributed by atoms with Gasteiger partial charge in [0.2, 0.25) is 0 Å². The van der Waals surface area contributed by atoms with E-state index >= 15 is 0 Å². The molecule has 4 heteroatoms. The first-order valence-corrected chi connectivity index (χ1v) is 6.31. The molecule has 0 radical (unpaired) electrons. The Balaban J connectivity index is 3.77. The molecule has 0 aromatic rings. The van der Waals surface area contributed by atoms with Crippen molar-refractivity contribution in [2.24, 2.45) is 0 Å². The summed E-state index contributed by atoms with van der Waals surface area (Å²) in [6.45, 7) is 2.19. The van der Waals surface area contributed by atoms with Crippen molar-refractivity contribution in [3.8, 4) is 0 Å². The first-order chi connectivity index (χ1) is 6.42. The van der Waals surface area contributed by atoms with E-state index in [1.165, 1.54) is 19.3 Å². The van der Waals surface area contributed by atoms with Crippen molar-refractivity contribution in [3.05, 3.63) is 0 Å². The topological polar surface area (TPSA) is 3.24 Å². The summed E-state index contributed by atoms with van der Waals surface area (Å²) >= 11 is 18.3. The lowest BCUT2D eigenvalue weighted by Gasteiger charge is -2.31. The average molecular weight is 261 g/mol. The summed E-state index contributed by atoms with van der Waals surface area (Å²) in [6, 6.07) is 0. The summed E-state index contributed by atoms with van der Waals surface area (Å²) in [5, 5.41) is -0.210. The molecule has 0 aliphatic carbocycles. The normalized spacial score (nSPS) is 14.8. The fraction of sp³-hybridized carbons (Fsp3) is 1.00. The van der Waals surface area contributed by atoms with Gasteiger partial charge in [-0.2, -0.15) is 0 Å². The molecule has 0 fully saturated rings. The maximum atomic E-state index is 6.14. The van der Waals surface area contributed by atoms with Crippen LogP contribution in [0.15, 0.2) is 0 Å². The fourth-order valence-corrected chi connectivity index (χ4v) is 1.77. The van der Waals surface area contributed by atoms with Crippen LogP contribution in [0.5, 0.6) is 0 Å². The number of nitrogens with zero attached hydrogens (tertiary/aromatic N) is 1. The van der Waals surface area contributed by atoms with Crippen LogP contribution in [0, 0.1) is 0 Å². The molecular weight excluding hydrogens is 240 g/mol. The third-order valence-corrected chi connectivity index (χ3v) is 4.24. The van der Waals surface area contributed by atoms with Crippen LogP contribution in [-0.2, 0) is 0 Å². The van der Waals surface area contributed by atoms with E-state index in [0.717, 1.165) is 12.8 Å². The Bertz CT molecular complexity index is 148. The van der Waals surface area contributed by atoms with Gasteiger partial charge in [0.25, 0.3) is 0 Å². The standard InChI is InChI=1S/C10H20Cl3N/c1-4-5-6-7-8-9(11)10(12,13)14(2)3/h9H,4-8H2,1-3H3.